The Labute approximate surface area is 167 Å². The van der Waals surface area contributed by atoms with Crippen LogP contribution in [0, 0.1) is 32.1 Å². The van der Waals surface area contributed by atoms with Crippen molar-refractivity contribution in [2.24, 2.45) is 0 Å². The summed E-state index contributed by atoms with van der Waals surface area (Å²) in [7, 11) is 1.63. The molecule has 28 heavy (non-hydrogen) atoms. The first-order valence-electron chi connectivity index (χ1n) is 8.62. The fourth-order valence-corrected chi connectivity index (χ4v) is 3.62. The van der Waals surface area contributed by atoms with Crippen LogP contribution in [0.25, 0.3) is 11.8 Å². The number of carbonyl (C=O) groups excluding carboxylic acids is 1. The second-order valence-corrected chi connectivity index (χ2v) is 7.50. The number of aromatic nitrogens is 2. The number of benzene rings is 1. The van der Waals surface area contributed by atoms with Gasteiger partial charge in [-0.25, -0.2) is 4.98 Å². The molecule has 6 nitrogen and oxygen atoms in total. The number of carbonyl (C=O) groups is 1. The number of amides is 1. The molecule has 142 valence electrons. The van der Waals surface area contributed by atoms with Gasteiger partial charge in [0.05, 0.1) is 7.11 Å². The highest BCUT2D eigenvalue weighted by molar-refractivity contribution is 7.15. The highest BCUT2D eigenvalue weighted by atomic mass is 32.1. The first-order chi connectivity index (χ1) is 13.4. The summed E-state index contributed by atoms with van der Waals surface area (Å²) in [6.07, 6.45) is 3.28. The Hall–Kier alpha value is -3.37. The third-order valence-corrected chi connectivity index (χ3v) is 5.12. The minimum atomic E-state index is -0.469. The molecule has 0 bridgehead atoms. The number of ether oxygens (including phenoxy) is 1. The molecule has 0 fully saturated rings. The molecular formula is C21H20N4O2S. The molecule has 0 aliphatic carbocycles. The van der Waals surface area contributed by atoms with Crippen LogP contribution in [0.2, 0.25) is 0 Å². The van der Waals surface area contributed by atoms with Crippen LogP contribution in [-0.2, 0) is 4.79 Å². The van der Waals surface area contributed by atoms with E-state index >= 15 is 0 Å². The first kappa shape index (κ1) is 19.4. The third-order valence-electron chi connectivity index (χ3n) is 4.29. The van der Waals surface area contributed by atoms with Gasteiger partial charge in [-0.15, -0.1) is 11.3 Å². The van der Waals surface area contributed by atoms with Gasteiger partial charge in [0.1, 0.15) is 17.4 Å². The predicted octanol–water partition coefficient (Wildman–Crippen LogP) is 4.41. The molecule has 0 unspecified atom stereocenters. The lowest BCUT2D eigenvalue weighted by atomic mass is 10.1. The minimum absolute atomic E-state index is 0.0266. The van der Waals surface area contributed by atoms with Crippen molar-refractivity contribution in [2.45, 2.75) is 20.8 Å². The van der Waals surface area contributed by atoms with Crippen molar-refractivity contribution in [1.82, 2.24) is 9.55 Å². The van der Waals surface area contributed by atoms with Gasteiger partial charge in [0, 0.05) is 34.2 Å². The van der Waals surface area contributed by atoms with Crippen molar-refractivity contribution in [1.29, 1.82) is 5.26 Å². The summed E-state index contributed by atoms with van der Waals surface area (Å²) in [6.45, 7) is 5.84. The maximum Gasteiger partial charge on any atom is 0.268 e. The maximum atomic E-state index is 12.5. The lowest BCUT2D eigenvalue weighted by Crippen LogP contribution is -2.13. The standard InChI is InChI=1S/C21H20N4O2S/c1-13-8-16(15(3)25(13)18-6-5-7-19(10-18)27-4)9-17(11-22)20(26)24-21-23-12-14(2)28-21/h5-10,12H,1-4H3,(H,23,24,26)/b17-9-. The molecule has 0 spiro atoms. The molecule has 2 aromatic heterocycles. The van der Waals surface area contributed by atoms with Gasteiger partial charge in [0.2, 0.25) is 0 Å². The molecule has 0 radical (unpaired) electrons. The number of methoxy groups -OCH3 is 1. The summed E-state index contributed by atoms with van der Waals surface area (Å²) >= 11 is 1.37. The number of nitrogens with zero attached hydrogens (tertiary/aromatic N) is 3. The van der Waals surface area contributed by atoms with E-state index in [-0.39, 0.29) is 5.57 Å². The summed E-state index contributed by atoms with van der Waals surface area (Å²) in [5, 5.41) is 12.6. The molecule has 0 saturated heterocycles. The van der Waals surface area contributed by atoms with Gasteiger partial charge in [0.15, 0.2) is 5.13 Å². The Bertz CT molecular complexity index is 1100. The van der Waals surface area contributed by atoms with E-state index in [1.54, 1.807) is 19.4 Å². The van der Waals surface area contributed by atoms with E-state index < -0.39 is 5.91 Å². The van der Waals surface area contributed by atoms with Gasteiger partial charge in [0.25, 0.3) is 5.91 Å². The fraction of sp³-hybridized carbons (Fsp3) is 0.190. The molecule has 3 aromatic rings. The molecule has 0 aliphatic heterocycles. The molecule has 1 aromatic carbocycles. The number of rotatable bonds is 5. The van der Waals surface area contributed by atoms with Crippen LogP contribution in [0.3, 0.4) is 0 Å². The number of nitriles is 1. The van der Waals surface area contributed by atoms with E-state index in [1.165, 1.54) is 11.3 Å². The van der Waals surface area contributed by atoms with E-state index in [2.05, 4.69) is 14.9 Å². The zero-order valence-corrected chi connectivity index (χ0v) is 16.9. The summed E-state index contributed by atoms with van der Waals surface area (Å²) < 4.78 is 7.37. The normalized spacial score (nSPS) is 11.2. The second-order valence-electron chi connectivity index (χ2n) is 6.26. The van der Waals surface area contributed by atoms with E-state index in [0.29, 0.717) is 5.13 Å². The van der Waals surface area contributed by atoms with Crippen LogP contribution in [0.5, 0.6) is 5.75 Å². The summed E-state index contributed by atoms with van der Waals surface area (Å²) in [5.74, 6) is 0.293. The van der Waals surface area contributed by atoms with Crippen molar-refractivity contribution in [3.8, 4) is 17.5 Å². The van der Waals surface area contributed by atoms with Gasteiger partial charge in [-0.05, 0) is 50.6 Å². The monoisotopic (exact) mass is 392 g/mol. The van der Waals surface area contributed by atoms with Crippen molar-refractivity contribution in [2.75, 3.05) is 12.4 Å². The SMILES string of the molecule is COc1cccc(-n2c(C)cc(/C=C(/C#N)C(=O)Nc3ncc(C)s3)c2C)c1. The van der Waals surface area contributed by atoms with Crippen LogP contribution >= 0.6 is 11.3 Å². The molecule has 1 amide bonds. The Morgan fingerprint density at radius 2 is 2.11 bits per heavy atom. The van der Waals surface area contributed by atoms with Crippen LogP contribution < -0.4 is 10.1 Å². The topological polar surface area (TPSA) is 79.9 Å². The van der Waals surface area contributed by atoms with Gasteiger partial charge < -0.3 is 9.30 Å². The molecule has 1 N–H and O–H groups in total. The van der Waals surface area contributed by atoms with Crippen molar-refractivity contribution < 1.29 is 9.53 Å². The maximum absolute atomic E-state index is 12.5. The molecular weight excluding hydrogens is 372 g/mol. The van der Waals surface area contributed by atoms with E-state index in [4.69, 9.17) is 4.74 Å². The van der Waals surface area contributed by atoms with Crippen LogP contribution in [0.4, 0.5) is 5.13 Å². The van der Waals surface area contributed by atoms with Crippen LogP contribution in [0.1, 0.15) is 21.8 Å². The number of thiazole rings is 1. The first-order valence-corrected chi connectivity index (χ1v) is 9.43. The van der Waals surface area contributed by atoms with Gasteiger partial charge in [-0.1, -0.05) is 6.07 Å². The summed E-state index contributed by atoms with van der Waals surface area (Å²) in [6, 6.07) is 11.7. The Morgan fingerprint density at radius 3 is 2.75 bits per heavy atom. The highest BCUT2D eigenvalue weighted by Gasteiger charge is 2.15. The smallest absolute Gasteiger partial charge is 0.268 e. The van der Waals surface area contributed by atoms with E-state index in [1.807, 2.05) is 57.2 Å². The molecule has 2 heterocycles. The molecule has 3 rings (SSSR count). The zero-order chi connectivity index (χ0) is 20.3. The van der Waals surface area contributed by atoms with Gasteiger partial charge >= 0.3 is 0 Å². The molecule has 7 heteroatoms. The quantitative estimate of drug-likeness (QED) is 0.515. The Balaban J connectivity index is 1.94. The Morgan fingerprint density at radius 1 is 1.32 bits per heavy atom. The number of nitrogens with one attached hydrogen (secondary N) is 1. The average Bonchev–Trinajstić information content (AvgIpc) is 3.21. The summed E-state index contributed by atoms with van der Waals surface area (Å²) in [4.78, 5) is 17.5. The van der Waals surface area contributed by atoms with Crippen LogP contribution in [-0.4, -0.2) is 22.6 Å². The van der Waals surface area contributed by atoms with E-state index in [0.717, 1.165) is 33.3 Å². The minimum Gasteiger partial charge on any atom is -0.497 e. The number of hydrogen-bond donors (Lipinski definition) is 1. The highest BCUT2D eigenvalue weighted by Crippen LogP contribution is 2.25. The average molecular weight is 392 g/mol. The molecule has 0 aliphatic rings. The summed E-state index contributed by atoms with van der Waals surface area (Å²) in [5.41, 5.74) is 3.71. The lowest BCUT2D eigenvalue weighted by molar-refractivity contribution is -0.112. The third kappa shape index (κ3) is 3.97. The van der Waals surface area contributed by atoms with Crippen molar-refractivity contribution in [3.05, 3.63) is 63.9 Å². The number of hydrogen-bond acceptors (Lipinski definition) is 5. The number of aryl methyl sites for hydroxylation is 2. The van der Waals surface area contributed by atoms with Gasteiger partial charge in [-0.3, -0.25) is 10.1 Å². The Kier molecular flexibility index (Phi) is 5.62. The fourth-order valence-electron chi connectivity index (χ4n) is 2.96. The zero-order valence-electron chi connectivity index (χ0n) is 16.1. The molecule has 0 saturated carbocycles. The van der Waals surface area contributed by atoms with E-state index in [9.17, 15) is 10.1 Å². The lowest BCUT2D eigenvalue weighted by Gasteiger charge is -2.11. The van der Waals surface area contributed by atoms with Crippen molar-refractivity contribution >= 4 is 28.5 Å². The second kappa shape index (κ2) is 8.11. The van der Waals surface area contributed by atoms with Gasteiger partial charge in [-0.2, -0.15) is 5.26 Å². The number of anilines is 1. The molecule has 0 atom stereocenters. The largest absolute Gasteiger partial charge is 0.497 e. The van der Waals surface area contributed by atoms with Crippen LogP contribution in [0.15, 0.2) is 42.1 Å². The predicted molar refractivity (Wildman–Crippen MR) is 111 cm³/mol. The van der Waals surface area contributed by atoms with Crippen molar-refractivity contribution in [3.63, 3.8) is 0 Å².